The molecule has 2 aromatic carbocycles. The topological polar surface area (TPSA) is 90.7 Å². The number of amides is 1. The van der Waals surface area contributed by atoms with Crippen LogP contribution in [0.15, 0.2) is 72.1 Å². The Morgan fingerprint density at radius 1 is 1.13 bits per heavy atom. The summed E-state index contributed by atoms with van der Waals surface area (Å²) in [6, 6.07) is 16.4. The van der Waals surface area contributed by atoms with Crippen LogP contribution in [0.25, 0.3) is 10.4 Å². The lowest BCUT2D eigenvalue weighted by Crippen LogP contribution is -2.14. The number of rotatable bonds is 5. The van der Waals surface area contributed by atoms with Gasteiger partial charge in [0.25, 0.3) is 5.91 Å². The van der Waals surface area contributed by atoms with E-state index >= 15 is 0 Å². The van der Waals surface area contributed by atoms with Gasteiger partial charge in [-0.25, -0.2) is 0 Å². The molecule has 0 spiro atoms. The van der Waals surface area contributed by atoms with Gasteiger partial charge >= 0.3 is 7.60 Å². The van der Waals surface area contributed by atoms with E-state index < -0.39 is 7.60 Å². The number of carbonyl (C=O) groups is 1. The molecule has 6 nitrogen and oxygen atoms in total. The molecule has 0 unspecified atom stereocenters. The summed E-state index contributed by atoms with van der Waals surface area (Å²) in [5.41, 5.74) is 10.1. The molecule has 1 aliphatic heterocycles. The molecule has 3 aromatic rings. The molecule has 3 N–H and O–H groups in total. The molecule has 4 rings (SSSR count). The molecule has 1 aromatic heterocycles. The van der Waals surface area contributed by atoms with Crippen LogP contribution in [0.3, 0.4) is 0 Å². The first kappa shape index (κ1) is 20.6. The molecule has 1 saturated heterocycles. The highest BCUT2D eigenvalue weighted by Gasteiger charge is 2.29. The van der Waals surface area contributed by atoms with Gasteiger partial charge in [-0.15, -0.1) is 11.3 Å². The van der Waals surface area contributed by atoms with E-state index in [2.05, 4.69) is 11.9 Å². The van der Waals surface area contributed by atoms with Gasteiger partial charge in [0.05, 0.1) is 30.8 Å². The average molecular weight is 440 g/mol. The summed E-state index contributed by atoms with van der Waals surface area (Å²) >= 11 is 1.62. The van der Waals surface area contributed by atoms with Crippen LogP contribution in [-0.4, -0.2) is 19.1 Å². The van der Waals surface area contributed by atoms with Crippen molar-refractivity contribution in [2.45, 2.75) is 6.16 Å². The summed E-state index contributed by atoms with van der Waals surface area (Å²) in [7, 11) is -3.18. The molecule has 1 amide bonds. The maximum Gasteiger partial charge on any atom is 0.335 e. The van der Waals surface area contributed by atoms with Gasteiger partial charge in [0, 0.05) is 10.4 Å². The van der Waals surface area contributed by atoms with Gasteiger partial charge in [0.1, 0.15) is 0 Å². The second kappa shape index (κ2) is 8.58. The minimum atomic E-state index is -3.18. The number of nitrogens with two attached hydrogens (primary N) is 1. The predicted molar refractivity (Wildman–Crippen MR) is 121 cm³/mol. The molecule has 154 valence electrons. The van der Waals surface area contributed by atoms with Crippen LogP contribution in [0, 0.1) is 0 Å². The van der Waals surface area contributed by atoms with Crippen molar-refractivity contribution in [1.82, 2.24) is 0 Å². The molecule has 1 fully saturated rings. The summed E-state index contributed by atoms with van der Waals surface area (Å²) in [6.07, 6.45) is 0.151. The highest BCUT2D eigenvalue weighted by Crippen LogP contribution is 2.54. The van der Waals surface area contributed by atoms with Gasteiger partial charge in [-0.3, -0.25) is 9.36 Å². The third-order valence-corrected chi connectivity index (χ3v) is 7.35. The fourth-order valence-corrected chi connectivity index (χ4v) is 5.39. The van der Waals surface area contributed by atoms with Crippen LogP contribution < -0.4 is 11.1 Å². The second-order valence-corrected chi connectivity index (χ2v) is 10.00. The Morgan fingerprint density at radius 3 is 2.53 bits per heavy atom. The zero-order valence-electron chi connectivity index (χ0n) is 16.2. The number of thiophene rings is 1. The monoisotopic (exact) mass is 440 g/mol. The van der Waals surface area contributed by atoms with Crippen molar-refractivity contribution in [3.8, 4) is 10.4 Å². The molecular weight excluding hydrogens is 419 g/mol. The Bertz CT molecular complexity index is 1110. The Balaban J connectivity index is 1.45. The maximum absolute atomic E-state index is 12.7. The summed E-state index contributed by atoms with van der Waals surface area (Å²) in [6.45, 7) is 4.23. The van der Waals surface area contributed by atoms with Gasteiger partial charge in [-0.2, -0.15) is 0 Å². The van der Waals surface area contributed by atoms with Crippen LogP contribution in [0.5, 0.6) is 0 Å². The highest BCUT2D eigenvalue weighted by molar-refractivity contribution is 7.53. The van der Waals surface area contributed by atoms with E-state index in [4.69, 9.17) is 14.8 Å². The van der Waals surface area contributed by atoms with E-state index in [1.807, 2.05) is 29.6 Å². The lowest BCUT2D eigenvalue weighted by Gasteiger charge is -2.24. The van der Waals surface area contributed by atoms with Crippen molar-refractivity contribution in [2.24, 2.45) is 0 Å². The Labute approximate surface area is 178 Å². The van der Waals surface area contributed by atoms with E-state index in [0.29, 0.717) is 16.9 Å². The first-order valence-corrected chi connectivity index (χ1v) is 11.9. The molecule has 0 saturated carbocycles. The number of nitrogens with one attached hydrogen (secondary N) is 1. The lowest BCUT2D eigenvalue weighted by molar-refractivity contribution is 0.102. The van der Waals surface area contributed by atoms with E-state index in [1.165, 1.54) is 0 Å². The summed E-state index contributed by atoms with van der Waals surface area (Å²) in [4.78, 5) is 13.8. The number of hydrogen-bond donors (Lipinski definition) is 2. The molecule has 1 aliphatic rings. The number of nitrogen functional groups attached to an aromatic ring is 1. The third-order valence-electron chi connectivity index (χ3n) is 4.63. The van der Waals surface area contributed by atoms with Crippen LogP contribution >= 0.6 is 18.9 Å². The van der Waals surface area contributed by atoms with E-state index in [1.54, 1.807) is 41.7 Å². The van der Waals surface area contributed by atoms with E-state index in [9.17, 15) is 9.36 Å². The smallest absolute Gasteiger partial charge is 0.335 e. The van der Waals surface area contributed by atoms with Gasteiger partial charge < -0.3 is 20.1 Å². The zero-order chi connectivity index (χ0) is 21.1. The molecule has 0 atom stereocenters. The van der Waals surface area contributed by atoms with Crippen LogP contribution in [0.1, 0.15) is 15.9 Å². The first-order valence-electron chi connectivity index (χ1n) is 9.30. The van der Waals surface area contributed by atoms with Crippen molar-refractivity contribution >= 4 is 36.2 Å². The highest BCUT2D eigenvalue weighted by atomic mass is 32.1. The molecule has 0 radical (unpaired) electrons. The Kier molecular flexibility index (Phi) is 5.88. The number of carbonyl (C=O) groups excluding carboxylic acids is 1. The number of hydrogen-bond acceptors (Lipinski definition) is 6. The molecule has 2 heterocycles. The third kappa shape index (κ3) is 4.71. The lowest BCUT2D eigenvalue weighted by atomic mass is 10.1. The van der Waals surface area contributed by atoms with E-state index in [-0.39, 0.29) is 25.3 Å². The maximum atomic E-state index is 12.7. The largest absolute Gasteiger partial charge is 0.397 e. The minimum absolute atomic E-state index is 0.151. The van der Waals surface area contributed by atoms with Crippen LogP contribution in [-0.2, 0) is 19.8 Å². The van der Waals surface area contributed by atoms with Crippen LogP contribution in [0.2, 0.25) is 0 Å². The molecule has 8 heteroatoms. The van der Waals surface area contributed by atoms with Crippen molar-refractivity contribution < 1.29 is 18.4 Å². The number of benzene rings is 2. The SMILES string of the molecule is C=C1COP(=O)(Cc2ccc(C(=O)Nc3cc(-c4cccs4)ccc3N)cc2)OC1. The number of anilines is 2. The van der Waals surface area contributed by atoms with Crippen molar-refractivity contribution in [1.29, 1.82) is 0 Å². The predicted octanol–water partition coefficient (Wildman–Crippen LogP) is 5.55. The quantitative estimate of drug-likeness (QED) is 0.309. The molecule has 30 heavy (non-hydrogen) atoms. The van der Waals surface area contributed by atoms with Crippen molar-refractivity contribution in [2.75, 3.05) is 24.3 Å². The summed E-state index contributed by atoms with van der Waals surface area (Å²) < 4.78 is 23.3. The Morgan fingerprint density at radius 2 is 1.87 bits per heavy atom. The van der Waals surface area contributed by atoms with Crippen molar-refractivity contribution in [3.05, 3.63) is 83.3 Å². The van der Waals surface area contributed by atoms with Crippen molar-refractivity contribution in [3.63, 3.8) is 0 Å². The Hall–Kier alpha value is -2.70. The normalized spacial score (nSPS) is 15.7. The average Bonchev–Trinajstić information content (AvgIpc) is 3.27. The summed E-state index contributed by atoms with van der Waals surface area (Å²) in [5, 5.41) is 4.87. The molecular formula is C22H21N2O4PS. The zero-order valence-corrected chi connectivity index (χ0v) is 17.9. The van der Waals surface area contributed by atoms with Gasteiger partial charge in [0.15, 0.2) is 0 Å². The standard InChI is InChI=1S/C22H21N2O4PS/c1-15-12-27-29(26,28-13-15)14-16-4-6-17(7-5-16)22(25)24-20-11-18(8-9-19(20)23)21-3-2-10-30-21/h2-11H,1,12-14,23H2,(H,24,25). The summed E-state index contributed by atoms with van der Waals surface area (Å²) in [5.74, 6) is -0.273. The van der Waals surface area contributed by atoms with E-state index in [0.717, 1.165) is 21.6 Å². The van der Waals surface area contributed by atoms with Gasteiger partial charge in [0.2, 0.25) is 0 Å². The fourth-order valence-electron chi connectivity index (χ4n) is 2.99. The fraction of sp³-hybridized carbons (Fsp3) is 0.136. The van der Waals surface area contributed by atoms with Gasteiger partial charge in [-0.1, -0.05) is 30.8 Å². The molecule has 0 aliphatic carbocycles. The minimum Gasteiger partial charge on any atom is -0.397 e. The second-order valence-electron chi connectivity index (χ2n) is 7.00. The first-order chi connectivity index (χ1) is 14.4. The van der Waals surface area contributed by atoms with Gasteiger partial charge in [-0.05, 0) is 52.4 Å². The molecule has 0 bridgehead atoms. The van der Waals surface area contributed by atoms with Crippen LogP contribution in [0.4, 0.5) is 11.4 Å².